The van der Waals surface area contributed by atoms with Gasteiger partial charge in [0.25, 0.3) is 5.91 Å². The molecule has 12 nitrogen and oxygen atoms in total. The number of aromatic nitrogens is 1. The maximum atomic E-state index is 15.3. The highest BCUT2D eigenvalue weighted by Crippen LogP contribution is 2.70. The van der Waals surface area contributed by atoms with Gasteiger partial charge in [-0.2, -0.15) is 12.7 Å². The number of hydrogen-bond donors (Lipinski definition) is 1. The summed E-state index contributed by atoms with van der Waals surface area (Å²) in [4.78, 5) is 30.8. The van der Waals surface area contributed by atoms with Crippen LogP contribution in [0.5, 0.6) is 5.75 Å². The molecule has 9 rings (SSSR count). The van der Waals surface area contributed by atoms with E-state index in [9.17, 15) is 21.6 Å². The van der Waals surface area contributed by atoms with E-state index < -0.39 is 36.8 Å². The molecule has 54 heavy (non-hydrogen) atoms. The fraction of sp³-hybridized carbons (Fsp3) is 0.600. The fourth-order valence-corrected chi connectivity index (χ4v) is 13.0. The Labute approximate surface area is 318 Å². The van der Waals surface area contributed by atoms with Crippen LogP contribution in [-0.4, -0.2) is 99.4 Å². The molecule has 290 valence electrons. The highest BCUT2D eigenvalue weighted by Gasteiger charge is 2.73. The van der Waals surface area contributed by atoms with Gasteiger partial charge in [0, 0.05) is 85.6 Å². The van der Waals surface area contributed by atoms with Crippen LogP contribution in [0.3, 0.4) is 0 Å². The molecule has 3 aliphatic carbocycles. The molecule has 1 N–H and O–H groups in total. The summed E-state index contributed by atoms with van der Waals surface area (Å²) >= 11 is 0. The quantitative estimate of drug-likeness (QED) is 0.338. The highest BCUT2D eigenvalue weighted by molar-refractivity contribution is 7.89. The molecule has 3 aliphatic heterocycles. The van der Waals surface area contributed by atoms with E-state index in [1.165, 1.54) is 26.1 Å². The SMILES string of the molecule is COc1ccc2c(c1)[C@@H]1C[C@]1(C(=O)N1CC34CCC3(C1)CN(S(=O)(=O)C(C)C)C4)Cn1c-2c(C2CCCCC2)c2ccc(C(=O)NS(=O)(=O)N(C)C)cc21. The molecule has 2 saturated heterocycles. The number of likely N-dealkylation sites (tertiary alicyclic amines) is 1. The van der Waals surface area contributed by atoms with E-state index in [4.69, 9.17) is 4.74 Å². The van der Waals surface area contributed by atoms with E-state index in [0.29, 0.717) is 45.1 Å². The molecule has 4 atom stereocenters. The predicted octanol–water partition coefficient (Wildman–Crippen LogP) is 5.05. The minimum absolute atomic E-state index is 0.0353. The minimum atomic E-state index is -4.01. The van der Waals surface area contributed by atoms with Crippen molar-refractivity contribution in [3.63, 3.8) is 0 Å². The average molecular weight is 778 g/mol. The van der Waals surface area contributed by atoms with Crippen LogP contribution < -0.4 is 9.46 Å². The number of carbonyl (C=O) groups excluding carboxylic acids is 2. The van der Waals surface area contributed by atoms with Crippen LogP contribution in [0.2, 0.25) is 0 Å². The summed E-state index contributed by atoms with van der Waals surface area (Å²) < 4.78 is 64.8. The fourth-order valence-electron chi connectivity index (χ4n) is 11.1. The molecule has 14 heteroatoms. The first-order valence-electron chi connectivity index (χ1n) is 19.4. The summed E-state index contributed by atoms with van der Waals surface area (Å²) in [6, 6.07) is 11.7. The van der Waals surface area contributed by atoms with E-state index in [0.717, 1.165) is 76.3 Å². The third-order valence-corrected chi connectivity index (χ3v) is 17.9. The Morgan fingerprint density at radius 2 is 1.59 bits per heavy atom. The molecular weight excluding hydrogens is 727 g/mol. The molecule has 4 heterocycles. The van der Waals surface area contributed by atoms with Crippen molar-refractivity contribution in [2.45, 2.75) is 88.8 Å². The van der Waals surface area contributed by atoms with Gasteiger partial charge in [0.05, 0.1) is 23.5 Å². The van der Waals surface area contributed by atoms with Crippen molar-refractivity contribution in [1.29, 1.82) is 0 Å². The van der Waals surface area contributed by atoms with Crippen molar-refractivity contribution in [1.82, 2.24) is 22.8 Å². The Hall–Kier alpha value is -3.46. The first-order chi connectivity index (χ1) is 25.6. The number of ether oxygens (including phenoxy) is 1. The maximum absolute atomic E-state index is 15.3. The Bertz CT molecular complexity index is 2310. The standard InChI is InChI=1S/C40H51N5O7S2/c1-25(2)53(48,49)44-22-38-15-16-39(38,23-44)21-43(20-38)37(47)40-19-32(40)31-18-28(52-5)12-14-29(31)35-34(26-9-7-6-8-10-26)30-13-11-27(17-33(30)45(35)24-40)36(46)41-54(50,51)42(3)4/h11-14,17-18,25-26,32H,6-10,15-16,19-24H2,1-5H3,(H,41,46)/t32-,38?,39?,40-/m0/s1. The number of benzene rings is 2. The molecule has 1 aromatic heterocycles. The molecule has 3 saturated carbocycles. The van der Waals surface area contributed by atoms with Gasteiger partial charge in [-0.05, 0) is 93.3 Å². The van der Waals surface area contributed by atoms with Crippen LogP contribution in [-0.2, 0) is 31.6 Å². The van der Waals surface area contributed by atoms with Crippen molar-refractivity contribution in [3.05, 3.63) is 53.1 Å². The van der Waals surface area contributed by atoms with Gasteiger partial charge in [0.2, 0.25) is 15.9 Å². The van der Waals surface area contributed by atoms with Gasteiger partial charge >= 0.3 is 10.2 Å². The minimum Gasteiger partial charge on any atom is -0.497 e. The molecule has 0 bridgehead atoms. The lowest BCUT2D eigenvalue weighted by molar-refractivity contribution is -0.137. The Morgan fingerprint density at radius 3 is 2.20 bits per heavy atom. The normalized spacial score (nSPS) is 29.2. The first-order valence-corrected chi connectivity index (χ1v) is 22.4. The lowest BCUT2D eigenvalue weighted by atomic mass is 9.53. The molecule has 5 fully saturated rings. The van der Waals surface area contributed by atoms with Crippen LogP contribution in [0.15, 0.2) is 36.4 Å². The second-order valence-electron chi connectivity index (χ2n) is 17.6. The monoisotopic (exact) mass is 777 g/mol. The van der Waals surface area contributed by atoms with E-state index in [2.05, 4.69) is 26.3 Å². The highest BCUT2D eigenvalue weighted by atomic mass is 32.2. The smallest absolute Gasteiger partial charge is 0.303 e. The van der Waals surface area contributed by atoms with Crippen molar-refractivity contribution < 1.29 is 31.2 Å². The summed E-state index contributed by atoms with van der Waals surface area (Å²) in [6.45, 7) is 5.97. The number of nitrogens with one attached hydrogen (secondary N) is 1. The number of nitrogens with zero attached hydrogens (tertiary/aromatic N) is 4. The zero-order valence-corrected chi connectivity index (χ0v) is 33.5. The summed E-state index contributed by atoms with van der Waals surface area (Å²) in [5.41, 5.74) is 4.40. The molecule has 3 aromatic rings. The van der Waals surface area contributed by atoms with E-state index in [-0.39, 0.29) is 28.2 Å². The van der Waals surface area contributed by atoms with Gasteiger partial charge in [-0.25, -0.2) is 17.4 Å². The molecule has 2 unspecified atom stereocenters. The molecule has 0 radical (unpaired) electrons. The molecule has 6 aliphatic rings. The topological polar surface area (TPSA) is 138 Å². The summed E-state index contributed by atoms with van der Waals surface area (Å²) in [5.74, 6) is 0.422. The van der Waals surface area contributed by atoms with Crippen LogP contribution in [0.25, 0.3) is 22.2 Å². The third kappa shape index (κ3) is 5.04. The Kier molecular flexibility index (Phi) is 8.06. The largest absolute Gasteiger partial charge is 0.497 e. The van der Waals surface area contributed by atoms with Gasteiger partial charge in [0.15, 0.2) is 0 Å². The van der Waals surface area contributed by atoms with Crippen LogP contribution in [0.1, 0.15) is 98.5 Å². The summed E-state index contributed by atoms with van der Waals surface area (Å²) in [6.07, 6.45) is 8.08. The summed E-state index contributed by atoms with van der Waals surface area (Å²) in [5, 5.41) is 0.550. The number of fused-ring (bicyclic) bond motifs is 7. The summed E-state index contributed by atoms with van der Waals surface area (Å²) in [7, 11) is -3.00. The van der Waals surface area contributed by atoms with Crippen molar-refractivity contribution in [2.75, 3.05) is 47.4 Å². The van der Waals surface area contributed by atoms with Crippen molar-refractivity contribution >= 4 is 42.9 Å². The molecular formula is C40H51N5O7S2. The number of methoxy groups -OCH3 is 1. The zero-order chi connectivity index (χ0) is 38.2. The number of carbonyl (C=O) groups is 2. The second kappa shape index (κ2) is 12.0. The molecule has 2 amide bonds. The first kappa shape index (κ1) is 36.2. The predicted molar refractivity (Wildman–Crippen MR) is 206 cm³/mol. The van der Waals surface area contributed by atoms with E-state index >= 15 is 4.79 Å². The average Bonchev–Trinajstić information content (AvgIpc) is 3.67. The Balaban J connectivity index is 1.16. The van der Waals surface area contributed by atoms with Gasteiger partial charge in [-0.15, -0.1) is 0 Å². The van der Waals surface area contributed by atoms with Crippen LogP contribution >= 0.6 is 0 Å². The van der Waals surface area contributed by atoms with Gasteiger partial charge < -0.3 is 14.2 Å². The Morgan fingerprint density at radius 1 is 0.907 bits per heavy atom. The number of amides is 2. The molecule has 0 spiro atoms. The van der Waals surface area contributed by atoms with E-state index in [1.807, 2.05) is 12.1 Å². The second-order valence-corrected chi connectivity index (χ2v) is 22.0. The van der Waals surface area contributed by atoms with E-state index in [1.54, 1.807) is 37.4 Å². The number of rotatable bonds is 8. The zero-order valence-electron chi connectivity index (χ0n) is 31.9. The third-order valence-electron chi connectivity index (χ3n) is 14.3. The lowest BCUT2D eigenvalue weighted by Gasteiger charge is -2.48. The number of sulfonamides is 1. The molecule has 2 aromatic carbocycles. The maximum Gasteiger partial charge on any atom is 0.303 e. The van der Waals surface area contributed by atoms with Gasteiger partial charge in [-0.3, -0.25) is 9.59 Å². The van der Waals surface area contributed by atoms with Crippen molar-refractivity contribution in [2.24, 2.45) is 16.2 Å². The number of hydrogen-bond acceptors (Lipinski definition) is 7. The van der Waals surface area contributed by atoms with Crippen molar-refractivity contribution in [3.8, 4) is 17.0 Å². The van der Waals surface area contributed by atoms with Crippen LogP contribution in [0, 0.1) is 16.2 Å². The van der Waals surface area contributed by atoms with Gasteiger partial charge in [0.1, 0.15) is 5.75 Å². The van der Waals surface area contributed by atoms with Gasteiger partial charge in [-0.1, -0.05) is 25.3 Å². The lowest BCUT2D eigenvalue weighted by Crippen LogP contribution is -2.49. The van der Waals surface area contributed by atoms with Crippen LogP contribution in [0.4, 0.5) is 0 Å².